The molecule has 0 aliphatic heterocycles. The maximum Gasteiger partial charge on any atom is 0.338 e. The molecule has 32 heavy (non-hydrogen) atoms. The number of aromatic nitrogens is 1. The van der Waals surface area contributed by atoms with E-state index in [0.717, 1.165) is 17.0 Å². The van der Waals surface area contributed by atoms with E-state index in [1.807, 2.05) is 12.1 Å². The fourth-order valence-electron chi connectivity index (χ4n) is 4.70. The lowest BCUT2D eigenvalue weighted by molar-refractivity contribution is 0.0691. The fourth-order valence-corrected chi connectivity index (χ4v) is 4.70. The zero-order valence-corrected chi connectivity index (χ0v) is 18.5. The number of carbonyl (C=O) groups is 1. The third-order valence-electron chi connectivity index (χ3n) is 6.69. The largest absolute Gasteiger partial charge is 0.496 e. The van der Waals surface area contributed by atoms with E-state index in [-0.39, 0.29) is 5.75 Å². The van der Waals surface area contributed by atoms with Crippen LogP contribution < -0.4 is 4.74 Å². The molecule has 1 aromatic heterocycles. The van der Waals surface area contributed by atoms with Crippen molar-refractivity contribution in [2.75, 3.05) is 7.11 Å². The van der Waals surface area contributed by atoms with Gasteiger partial charge in [-0.2, -0.15) is 0 Å². The Hall–Kier alpha value is -3.21. The maximum absolute atomic E-state index is 14.3. The number of rotatable bonds is 6. The quantitative estimate of drug-likeness (QED) is 0.457. The topological polar surface area (TPSA) is 59.4 Å². The van der Waals surface area contributed by atoms with Gasteiger partial charge in [0.25, 0.3) is 0 Å². The normalized spacial score (nSPS) is 18.3. The van der Waals surface area contributed by atoms with Crippen LogP contribution in [0.4, 0.5) is 4.39 Å². The summed E-state index contributed by atoms with van der Waals surface area (Å²) in [5.41, 5.74) is 3.93. The summed E-state index contributed by atoms with van der Waals surface area (Å²) in [6.07, 6.45) is 8.10. The van der Waals surface area contributed by atoms with E-state index in [9.17, 15) is 14.3 Å². The van der Waals surface area contributed by atoms with E-state index in [0.29, 0.717) is 17.2 Å². The Balaban J connectivity index is 1.60. The first-order valence-electron chi connectivity index (χ1n) is 11.2. The monoisotopic (exact) mass is 433 g/mol. The van der Waals surface area contributed by atoms with Crippen LogP contribution in [-0.4, -0.2) is 23.2 Å². The number of pyridine rings is 1. The Morgan fingerprint density at radius 2 is 1.78 bits per heavy atom. The van der Waals surface area contributed by atoms with Crippen LogP contribution in [0.15, 0.2) is 54.7 Å². The highest BCUT2D eigenvalue weighted by molar-refractivity contribution is 5.90. The Morgan fingerprint density at radius 1 is 1.06 bits per heavy atom. The standard InChI is InChI=1S/C27H28FNO3/c1-3-17-4-6-18(7-5-17)19-8-10-20(11-9-19)21-12-13-29-25(14-21)23-15-24(28)22(27(30)31)16-26(23)32-2/h8-18H,3-7H2,1-2H3,(H,30,31). The lowest BCUT2D eigenvalue weighted by Gasteiger charge is -2.28. The van der Waals surface area contributed by atoms with Gasteiger partial charge in [0.1, 0.15) is 11.6 Å². The first kappa shape index (κ1) is 22.0. The molecule has 4 rings (SSSR count). The first-order valence-corrected chi connectivity index (χ1v) is 11.2. The second kappa shape index (κ2) is 9.51. The summed E-state index contributed by atoms with van der Waals surface area (Å²) >= 11 is 0. The number of aromatic carboxylic acids is 1. The first-order chi connectivity index (χ1) is 15.5. The highest BCUT2D eigenvalue weighted by Gasteiger charge is 2.21. The molecule has 0 unspecified atom stereocenters. The lowest BCUT2D eigenvalue weighted by Crippen LogP contribution is -2.12. The summed E-state index contributed by atoms with van der Waals surface area (Å²) < 4.78 is 19.6. The zero-order valence-electron chi connectivity index (χ0n) is 18.5. The summed E-state index contributed by atoms with van der Waals surface area (Å²) in [5.74, 6) is -0.363. The third-order valence-corrected chi connectivity index (χ3v) is 6.69. The number of hydrogen-bond donors (Lipinski definition) is 1. The molecule has 0 radical (unpaired) electrons. The molecule has 0 atom stereocenters. The third kappa shape index (κ3) is 4.52. The van der Waals surface area contributed by atoms with Gasteiger partial charge in [0.05, 0.1) is 18.4 Å². The van der Waals surface area contributed by atoms with Crippen LogP contribution in [0.2, 0.25) is 0 Å². The molecule has 1 saturated carbocycles. The second-order valence-electron chi connectivity index (χ2n) is 8.52. The van der Waals surface area contributed by atoms with Crippen molar-refractivity contribution < 1.29 is 19.0 Å². The number of benzene rings is 2. The predicted molar refractivity (Wildman–Crippen MR) is 124 cm³/mol. The SMILES string of the molecule is CCC1CCC(c2ccc(-c3ccnc(-c4cc(F)c(C(=O)O)cc4OC)c3)cc2)CC1. The van der Waals surface area contributed by atoms with E-state index in [2.05, 4.69) is 36.2 Å². The molecule has 5 heteroatoms. The van der Waals surface area contributed by atoms with Gasteiger partial charge in [-0.15, -0.1) is 0 Å². The minimum Gasteiger partial charge on any atom is -0.496 e. The van der Waals surface area contributed by atoms with Gasteiger partial charge < -0.3 is 9.84 Å². The summed E-state index contributed by atoms with van der Waals surface area (Å²) in [5, 5.41) is 9.17. The maximum atomic E-state index is 14.3. The van der Waals surface area contributed by atoms with Crippen molar-refractivity contribution in [3.05, 3.63) is 71.7 Å². The molecule has 1 N–H and O–H groups in total. The van der Waals surface area contributed by atoms with Crippen LogP contribution in [0, 0.1) is 11.7 Å². The molecule has 1 fully saturated rings. The van der Waals surface area contributed by atoms with Gasteiger partial charge in [0, 0.05) is 11.8 Å². The van der Waals surface area contributed by atoms with Crippen molar-refractivity contribution in [3.63, 3.8) is 0 Å². The molecule has 1 aliphatic carbocycles. The molecule has 1 aliphatic rings. The van der Waals surface area contributed by atoms with Gasteiger partial charge in [0.2, 0.25) is 0 Å². The number of carboxylic acid groups (broad SMARTS) is 1. The molecular weight excluding hydrogens is 405 g/mol. The minimum atomic E-state index is -1.34. The molecule has 0 spiro atoms. The highest BCUT2D eigenvalue weighted by atomic mass is 19.1. The molecule has 1 heterocycles. The summed E-state index contributed by atoms with van der Waals surface area (Å²) in [7, 11) is 1.43. The number of carboxylic acids is 1. The van der Waals surface area contributed by atoms with E-state index < -0.39 is 17.3 Å². The number of halogens is 1. The summed E-state index contributed by atoms with van der Waals surface area (Å²) in [6, 6.07) is 14.9. The molecule has 166 valence electrons. The van der Waals surface area contributed by atoms with Gasteiger partial charge in [-0.25, -0.2) is 9.18 Å². The van der Waals surface area contributed by atoms with E-state index in [1.165, 1.54) is 56.9 Å². The fraction of sp³-hybridized carbons (Fsp3) is 0.333. The van der Waals surface area contributed by atoms with Crippen LogP contribution >= 0.6 is 0 Å². The summed E-state index contributed by atoms with van der Waals surface area (Å²) in [6.45, 7) is 2.28. The van der Waals surface area contributed by atoms with Crippen molar-refractivity contribution in [2.45, 2.75) is 44.9 Å². The summed E-state index contributed by atoms with van der Waals surface area (Å²) in [4.78, 5) is 15.6. The van der Waals surface area contributed by atoms with Crippen molar-refractivity contribution >= 4 is 5.97 Å². The number of nitrogens with zero attached hydrogens (tertiary/aromatic N) is 1. The van der Waals surface area contributed by atoms with Gasteiger partial charge in [-0.1, -0.05) is 37.6 Å². The second-order valence-corrected chi connectivity index (χ2v) is 8.52. The van der Waals surface area contributed by atoms with Crippen molar-refractivity contribution in [1.29, 1.82) is 0 Å². The average molecular weight is 434 g/mol. The minimum absolute atomic E-state index is 0.270. The van der Waals surface area contributed by atoms with Gasteiger partial charge in [0.15, 0.2) is 0 Å². The Kier molecular flexibility index (Phi) is 6.54. The van der Waals surface area contributed by atoms with Crippen LogP contribution in [0.25, 0.3) is 22.4 Å². The van der Waals surface area contributed by atoms with Crippen LogP contribution in [-0.2, 0) is 0 Å². The predicted octanol–water partition coefficient (Wildman–Crippen LogP) is 6.95. The Bertz CT molecular complexity index is 1100. The molecule has 3 aromatic rings. The van der Waals surface area contributed by atoms with Gasteiger partial charge in [-0.05, 0) is 78.5 Å². The van der Waals surface area contributed by atoms with E-state index in [4.69, 9.17) is 4.74 Å². The van der Waals surface area contributed by atoms with Crippen molar-refractivity contribution in [3.8, 4) is 28.1 Å². The molecule has 0 amide bonds. The smallest absolute Gasteiger partial charge is 0.338 e. The van der Waals surface area contributed by atoms with Crippen molar-refractivity contribution in [2.24, 2.45) is 5.92 Å². The molecule has 2 aromatic carbocycles. The van der Waals surface area contributed by atoms with Gasteiger partial charge >= 0.3 is 5.97 Å². The van der Waals surface area contributed by atoms with Crippen LogP contribution in [0.5, 0.6) is 5.75 Å². The highest BCUT2D eigenvalue weighted by Crippen LogP contribution is 2.38. The molecule has 0 bridgehead atoms. The number of ether oxygens (including phenoxy) is 1. The van der Waals surface area contributed by atoms with Gasteiger partial charge in [-0.3, -0.25) is 4.98 Å². The van der Waals surface area contributed by atoms with Crippen molar-refractivity contribution in [1.82, 2.24) is 4.98 Å². The Labute approximate surface area is 188 Å². The lowest BCUT2D eigenvalue weighted by atomic mass is 9.77. The van der Waals surface area contributed by atoms with Crippen LogP contribution in [0.3, 0.4) is 0 Å². The van der Waals surface area contributed by atoms with E-state index in [1.54, 1.807) is 6.20 Å². The molecule has 4 nitrogen and oxygen atoms in total. The van der Waals surface area contributed by atoms with Crippen LogP contribution in [0.1, 0.15) is 60.9 Å². The zero-order chi connectivity index (χ0) is 22.7. The van der Waals surface area contributed by atoms with E-state index >= 15 is 0 Å². The molecular formula is C27H28FNO3. The Morgan fingerprint density at radius 3 is 2.41 bits per heavy atom. The number of hydrogen-bond acceptors (Lipinski definition) is 3. The number of methoxy groups -OCH3 is 1. The average Bonchev–Trinajstić information content (AvgIpc) is 2.84. The molecule has 0 saturated heterocycles.